The Balaban J connectivity index is 2.53. The SMILES string of the molecule is CCC(NCCCO)c1ccc(F)cn1. The minimum atomic E-state index is -0.316. The Kier molecular flexibility index (Phi) is 5.21. The summed E-state index contributed by atoms with van der Waals surface area (Å²) in [5, 5.41) is 11.9. The lowest BCUT2D eigenvalue weighted by atomic mass is 10.1. The van der Waals surface area contributed by atoms with Crippen molar-refractivity contribution in [3.63, 3.8) is 0 Å². The summed E-state index contributed by atoms with van der Waals surface area (Å²) >= 11 is 0. The third-order valence-corrected chi connectivity index (χ3v) is 2.24. The van der Waals surface area contributed by atoms with Crippen LogP contribution in [0.25, 0.3) is 0 Å². The van der Waals surface area contributed by atoms with Gasteiger partial charge < -0.3 is 10.4 Å². The highest BCUT2D eigenvalue weighted by Crippen LogP contribution is 2.13. The van der Waals surface area contributed by atoms with Crippen LogP contribution in [0.1, 0.15) is 31.5 Å². The average molecular weight is 212 g/mol. The van der Waals surface area contributed by atoms with Gasteiger partial charge in [-0.1, -0.05) is 6.92 Å². The molecule has 1 rings (SSSR count). The van der Waals surface area contributed by atoms with E-state index in [-0.39, 0.29) is 18.5 Å². The van der Waals surface area contributed by atoms with Gasteiger partial charge in [0.2, 0.25) is 0 Å². The van der Waals surface area contributed by atoms with Gasteiger partial charge in [-0.15, -0.1) is 0 Å². The van der Waals surface area contributed by atoms with E-state index in [1.165, 1.54) is 12.3 Å². The summed E-state index contributed by atoms with van der Waals surface area (Å²) in [5.41, 5.74) is 0.844. The molecule has 4 heteroatoms. The third-order valence-electron chi connectivity index (χ3n) is 2.24. The van der Waals surface area contributed by atoms with Crippen molar-refractivity contribution in [2.45, 2.75) is 25.8 Å². The minimum Gasteiger partial charge on any atom is -0.396 e. The van der Waals surface area contributed by atoms with E-state index in [9.17, 15) is 4.39 Å². The topological polar surface area (TPSA) is 45.1 Å². The van der Waals surface area contributed by atoms with Gasteiger partial charge in [0.05, 0.1) is 11.9 Å². The van der Waals surface area contributed by atoms with E-state index in [4.69, 9.17) is 5.11 Å². The molecule has 0 radical (unpaired) electrons. The van der Waals surface area contributed by atoms with Crippen LogP contribution in [0.2, 0.25) is 0 Å². The largest absolute Gasteiger partial charge is 0.396 e. The number of halogens is 1. The van der Waals surface area contributed by atoms with Crippen LogP contribution in [-0.2, 0) is 0 Å². The quantitative estimate of drug-likeness (QED) is 0.705. The van der Waals surface area contributed by atoms with Gasteiger partial charge >= 0.3 is 0 Å². The average Bonchev–Trinajstić information content (AvgIpc) is 2.26. The van der Waals surface area contributed by atoms with Crippen LogP contribution >= 0.6 is 0 Å². The van der Waals surface area contributed by atoms with Gasteiger partial charge in [0, 0.05) is 12.6 Å². The standard InChI is InChI=1S/C11H17FN2O/c1-2-10(13-6-3-7-15)11-5-4-9(12)8-14-11/h4-5,8,10,13,15H,2-3,6-7H2,1H3. The van der Waals surface area contributed by atoms with E-state index < -0.39 is 0 Å². The number of aromatic nitrogens is 1. The highest BCUT2D eigenvalue weighted by Gasteiger charge is 2.09. The smallest absolute Gasteiger partial charge is 0.141 e. The fourth-order valence-electron chi connectivity index (χ4n) is 1.41. The molecule has 0 amide bonds. The number of aliphatic hydroxyl groups excluding tert-OH is 1. The van der Waals surface area contributed by atoms with Crippen molar-refractivity contribution >= 4 is 0 Å². The van der Waals surface area contributed by atoms with Crippen molar-refractivity contribution in [1.29, 1.82) is 0 Å². The Morgan fingerprint density at radius 1 is 1.53 bits per heavy atom. The second-order valence-corrected chi connectivity index (χ2v) is 3.39. The van der Waals surface area contributed by atoms with E-state index in [0.29, 0.717) is 0 Å². The van der Waals surface area contributed by atoms with Gasteiger partial charge in [-0.05, 0) is 31.5 Å². The molecule has 3 nitrogen and oxygen atoms in total. The van der Waals surface area contributed by atoms with Crippen molar-refractivity contribution in [2.75, 3.05) is 13.2 Å². The van der Waals surface area contributed by atoms with E-state index in [0.717, 1.165) is 25.1 Å². The molecular weight excluding hydrogens is 195 g/mol. The normalized spacial score (nSPS) is 12.7. The van der Waals surface area contributed by atoms with Gasteiger partial charge in [-0.3, -0.25) is 4.98 Å². The Hall–Kier alpha value is -1.00. The van der Waals surface area contributed by atoms with Crippen LogP contribution in [0, 0.1) is 5.82 Å². The summed E-state index contributed by atoms with van der Waals surface area (Å²) in [6.45, 7) is 2.97. The molecule has 1 heterocycles. The summed E-state index contributed by atoms with van der Waals surface area (Å²) in [7, 11) is 0. The molecule has 0 aliphatic rings. The van der Waals surface area contributed by atoms with E-state index in [1.54, 1.807) is 6.07 Å². The van der Waals surface area contributed by atoms with Gasteiger partial charge in [0.1, 0.15) is 5.82 Å². The lowest BCUT2D eigenvalue weighted by molar-refractivity contribution is 0.282. The van der Waals surface area contributed by atoms with Crippen LogP contribution < -0.4 is 5.32 Å². The predicted molar refractivity (Wildman–Crippen MR) is 56.9 cm³/mol. The maximum Gasteiger partial charge on any atom is 0.141 e. The lowest BCUT2D eigenvalue weighted by Gasteiger charge is -2.15. The molecule has 1 unspecified atom stereocenters. The molecular formula is C11H17FN2O. The number of rotatable bonds is 6. The first-order valence-electron chi connectivity index (χ1n) is 5.23. The number of pyridine rings is 1. The molecule has 0 aliphatic carbocycles. The number of hydrogen-bond donors (Lipinski definition) is 2. The molecule has 1 aromatic rings. The molecule has 0 bridgehead atoms. The van der Waals surface area contributed by atoms with Crippen LogP contribution in [0.4, 0.5) is 4.39 Å². The maximum atomic E-state index is 12.6. The van der Waals surface area contributed by atoms with E-state index in [2.05, 4.69) is 10.3 Å². The number of aliphatic hydroxyl groups is 1. The summed E-state index contributed by atoms with van der Waals surface area (Å²) in [5.74, 6) is -0.316. The summed E-state index contributed by atoms with van der Waals surface area (Å²) in [6.07, 6.45) is 2.84. The molecule has 2 N–H and O–H groups in total. The molecule has 1 aromatic heterocycles. The summed E-state index contributed by atoms with van der Waals surface area (Å²) < 4.78 is 12.6. The monoisotopic (exact) mass is 212 g/mol. The first-order chi connectivity index (χ1) is 7.27. The minimum absolute atomic E-state index is 0.136. The van der Waals surface area contributed by atoms with Crippen LogP contribution in [0.15, 0.2) is 18.3 Å². The molecule has 0 spiro atoms. The van der Waals surface area contributed by atoms with Crippen molar-refractivity contribution in [2.24, 2.45) is 0 Å². The molecule has 0 aliphatic heterocycles. The van der Waals surface area contributed by atoms with Crippen molar-refractivity contribution in [1.82, 2.24) is 10.3 Å². The number of nitrogens with one attached hydrogen (secondary N) is 1. The predicted octanol–water partition coefficient (Wildman–Crippen LogP) is 1.64. The highest BCUT2D eigenvalue weighted by atomic mass is 19.1. The zero-order valence-corrected chi connectivity index (χ0v) is 8.91. The van der Waals surface area contributed by atoms with Gasteiger partial charge in [0.25, 0.3) is 0 Å². The number of hydrogen-bond acceptors (Lipinski definition) is 3. The summed E-state index contributed by atoms with van der Waals surface area (Å²) in [4.78, 5) is 4.03. The Bertz CT molecular complexity index is 276. The zero-order valence-electron chi connectivity index (χ0n) is 8.91. The van der Waals surface area contributed by atoms with Crippen LogP contribution in [0.5, 0.6) is 0 Å². The van der Waals surface area contributed by atoms with Crippen molar-refractivity contribution in [3.05, 3.63) is 29.8 Å². The molecule has 1 atom stereocenters. The lowest BCUT2D eigenvalue weighted by Crippen LogP contribution is -2.23. The first kappa shape index (κ1) is 12.1. The molecule has 0 aromatic carbocycles. The Morgan fingerprint density at radius 3 is 2.87 bits per heavy atom. The third kappa shape index (κ3) is 3.93. The molecule has 0 saturated heterocycles. The van der Waals surface area contributed by atoms with E-state index >= 15 is 0 Å². The fourth-order valence-corrected chi connectivity index (χ4v) is 1.41. The van der Waals surface area contributed by atoms with Crippen LogP contribution in [-0.4, -0.2) is 23.2 Å². The molecule has 0 fully saturated rings. The second-order valence-electron chi connectivity index (χ2n) is 3.39. The molecule has 15 heavy (non-hydrogen) atoms. The summed E-state index contributed by atoms with van der Waals surface area (Å²) in [6, 6.07) is 3.24. The highest BCUT2D eigenvalue weighted by molar-refractivity contribution is 5.09. The zero-order chi connectivity index (χ0) is 11.1. The van der Waals surface area contributed by atoms with Gasteiger partial charge in [-0.2, -0.15) is 0 Å². The fraction of sp³-hybridized carbons (Fsp3) is 0.545. The van der Waals surface area contributed by atoms with E-state index in [1.807, 2.05) is 6.92 Å². The van der Waals surface area contributed by atoms with Gasteiger partial charge in [-0.25, -0.2) is 4.39 Å². The first-order valence-corrected chi connectivity index (χ1v) is 5.23. The molecule has 0 saturated carbocycles. The Labute approximate surface area is 89.4 Å². The maximum absolute atomic E-state index is 12.6. The second kappa shape index (κ2) is 6.48. The van der Waals surface area contributed by atoms with Gasteiger partial charge in [0.15, 0.2) is 0 Å². The Morgan fingerprint density at radius 2 is 2.33 bits per heavy atom. The van der Waals surface area contributed by atoms with Crippen LogP contribution in [0.3, 0.4) is 0 Å². The van der Waals surface area contributed by atoms with Crippen molar-refractivity contribution in [3.8, 4) is 0 Å². The van der Waals surface area contributed by atoms with Crippen molar-refractivity contribution < 1.29 is 9.50 Å². The molecule has 84 valence electrons. The number of nitrogens with zero attached hydrogens (tertiary/aromatic N) is 1.